The predicted molar refractivity (Wildman–Crippen MR) is 366 cm³/mol. The second-order valence-corrected chi connectivity index (χ2v) is 26.9. The summed E-state index contributed by atoms with van der Waals surface area (Å²) in [5.74, 6) is -0.0127. The summed E-state index contributed by atoms with van der Waals surface area (Å²) < 4.78 is 48.9. The molecule has 98 heavy (non-hydrogen) atoms. The van der Waals surface area contributed by atoms with E-state index in [9.17, 15) is 38.4 Å². The summed E-state index contributed by atoms with van der Waals surface area (Å²) in [5.41, 5.74) is 5.09. The molecule has 2 aromatic heterocycles. The number of nitrogens with one attached hydrogen (secondary N) is 2. The van der Waals surface area contributed by atoms with E-state index < -0.39 is 77.3 Å². The fourth-order valence-corrected chi connectivity index (χ4v) is 13.8. The van der Waals surface area contributed by atoms with Crippen molar-refractivity contribution in [1.29, 1.82) is 0 Å². The van der Waals surface area contributed by atoms with Crippen molar-refractivity contribution in [3.05, 3.63) is 197 Å². The zero-order valence-corrected chi connectivity index (χ0v) is 57.3. The minimum atomic E-state index is -0.815. The maximum Gasteiger partial charge on any atom is 0.508 e. The van der Waals surface area contributed by atoms with Gasteiger partial charge in [-0.15, -0.1) is 0 Å². The lowest BCUT2D eigenvalue weighted by Gasteiger charge is -2.39. The average molecular weight is 1350 g/mol. The van der Waals surface area contributed by atoms with Crippen LogP contribution >= 0.6 is 0 Å². The number of nitrogens with zero attached hydrogens (tertiary/aromatic N) is 6. The molecule has 4 aliphatic heterocycles. The number of piperidine rings is 2. The molecule has 0 bridgehead atoms. The third-order valence-corrected chi connectivity index (χ3v) is 18.7. The molecule has 2 N–H and O–H groups in total. The molecule has 2 amide bonds. The first-order valence-corrected chi connectivity index (χ1v) is 34.5. The molecule has 4 fully saturated rings. The van der Waals surface area contributed by atoms with Gasteiger partial charge in [-0.25, -0.2) is 28.8 Å². The van der Waals surface area contributed by atoms with Crippen molar-refractivity contribution < 1.29 is 57.1 Å². The van der Waals surface area contributed by atoms with Crippen LogP contribution in [-0.2, 0) is 51.0 Å². The Kier molecular flexibility index (Phi) is 24.7. The van der Waals surface area contributed by atoms with Crippen molar-refractivity contribution >= 4 is 24.5 Å². The molecule has 4 saturated heterocycles. The minimum absolute atomic E-state index is 0.0127. The first-order chi connectivity index (χ1) is 47.2. The smallest absolute Gasteiger partial charge is 0.448 e. The molecular formula is C74H94N8O16. The standard InChI is InChI=1S/C42H48N4O8.C32H46N4O8/c1-3-36-37(23-38(53-36)46-24-28(2)39(47)43-40(46)48)54-42(50)51-22-21-44(25-29-13-5-4-6-14-29)26-30-15-11-12-20-45(30)41(49)52-27-35-33-18-9-7-16-31(33)32-17-8-10-19-34(32)35;1-6-25-26(18-27(42-25)36-19-22(2)28(37)33-29(36)38)43-31(40)41-17-16-34(20-23-12-8-7-9-13-23)21-24-14-10-11-15-35(24)30(39)44-32(3,4)5/h4-10,13-14,16-19,24,30,35-38H,3,11-12,15,20-23,25-27H2,1-2H3,(H,43,47,48);7-9,12-13,19,24-27H,6,10-11,14-18,20-21H2,1-5H3,(H,33,37,38)/t30?,36-,37-,38-;24?,25-,26-,27-/m11/s1. The highest BCUT2D eigenvalue weighted by Gasteiger charge is 2.41. The van der Waals surface area contributed by atoms with E-state index in [4.69, 9.17) is 37.9 Å². The number of aryl methyl sites for hydroxylation is 2. The van der Waals surface area contributed by atoms with Crippen molar-refractivity contribution in [2.24, 2.45) is 0 Å². The van der Waals surface area contributed by atoms with Gasteiger partial charge in [0.15, 0.2) is 0 Å². The number of amides is 2. The third kappa shape index (κ3) is 18.9. The predicted octanol–water partition coefficient (Wildman–Crippen LogP) is 10.7. The number of hydrogen-bond donors (Lipinski definition) is 2. The molecule has 526 valence electrons. The molecule has 4 aromatic carbocycles. The van der Waals surface area contributed by atoms with Gasteiger partial charge in [0, 0.05) is 107 Å². The van der Waals surface area contributed by atoms with E-state index in [0.29, 0.717) is 76.3 Å². The van der Waals surface area contributed by atoms with Gasteiger partial charge in [-0.3, -0.25) is 38.5 Å². The van der Waals surface area contributed by atoms with E-state index in [-0.39, 0.29) is 62.9 Å². The highest BCUT2D eigenvalue weighted by atomic mass is 16.7. The second-order valence-electron chi connectivity index (χ2n) is 26.9. The number of carbonyl (C=O) groups excluding carboxylic acids is 4. The zero-order chi connectivity index (χ0) is 69.5. The topological polar surface area (TPSA) is 265 Å². The van der Waals surface area contributed by atoms with Crippen LogP contribution in [-0.4, -0.2) is 164 Å². The molecule has 0 saturated carbocycles. The van der Waals surface area contributed by atoms with Crippen LogP contribution in [0, 0.1) is 13.8 Å². The van der Waals surface area contributed by atoms with Gasteiger partial charge in [0.25, 0.3) is 11.1 Å². The average Bonchev–Trinajstić information content (AvgIpc) is 1.62. The fourth-order valence-electron chi connectivity index (χ4n) is 13.8. The van der Waals surface area contributed by atoms with Gasteiger partial charge in [0.05, 0.1) is 12.2 Å². The maximum absolute atomic E-state index is 13.8. The number of H-pyrrole nitrogens is 2. The minimum Gasteiger partial charge on any atom is -0.448 e. The largest absolute Gasteiger partial charge is 0.508 e. The van der Waals surface area contributed by atoms with E-state index in [1.165, 1.54) is 43.8 Å². The number of likely N-dealkylation sites (tertiary alicyclic amines) is 2. The van der Waals surface area contributed by atoms with Crippen molar-refractivity contribution in [1.82, 2.24) is 38.7 Å². The van der Waals surface area contributed by atoms with Crippen LogP contribution in [0.4, 0.5) is 19.2 Å². The number of benzene rings is 4. The van der Waals surface area contributed by atoms with Crippen LogP contribution in [0.15, 0.2) is 141 Å². The third-order valence-electron chi connectivity index (χ3n) is 18.7. The Morgan fingerprint density at radius 1 is 0.551 bits per heavy atom. The lowest BCUT2D eigenvalue weighted by molar-refractivity contribution is -0.0387. The molecule has 6 aromatic rings. The summed E-state index contributed by atoms with van der Waals surface area (Å²) in [4.78, 5) is 114. The Morgan fingerprint density at radius 3 is 1.40 bits per heavy atom. The summed E-state index contributed by atoms with van der Waals surface area (Å²) in [7, 11) is 0. The number of aromatic amines is 2. The van der Waals surface area contributed by atoms with Crippen LogP contribution in [0.1, 0.15) is 151 Å². The fraction of sp³-hybridized carbons (Fsp3) is 0.514. The molecule has 2 unspecified atom stereocenters. The maximum atomic E-state index is 13.8. The first-order valence-electron chi connectivity index (χ1n) is 34.5. The molecular weight excluding hydrogens is 1260 g/mol. The summed E-state index contributed by atoms with van der Waals surface area (Å²) >= 11 is 0. The molecule has 1 aliphatic carbocycles. The normalized spacial score (nSPS) is 21.4. The number of carbonyl (C=O) groups is 4. The Bertz CT molecular complexity index is 3860. The molecule has 24 nitrogen and oxygen atoms in total. The van der Waals surface area contributed by atoms with Gasteiger partial charge in [-0.2, -0.15) is 0 Å². The highest BCUT2D eigenvalue weighted by Crippen LogP contribution is 2.45. The van der Waals surface area contributed by atoms with Crippen molar-refractivity contribution in [2.45, 2.75) is 186 Å². The van der Waals surface area contributed by atoms with Gasteiger partial charge < -0.3 is 47.7 Å². The van der Waals surface area contributed by atoms with Gasteiger partial charge in [-0.1, -0.05) is 123 Å². The molecule has 0 radical (unpaired) electrons. The molecule has 6 heterocycles. The van der Waals surface area contributed by atoms with Gasteiger partial charge in [-0.05, 0) is 119 Å². The van der Waals surface area contributed by atoms with Crippen LogP contribution in [0.25, 0.3) is 11.1 Å². The number of hydrogen-bond acceptors (Lipinski definition) is 18. The first kappa shape index (κ1) is 71.9. The Morgan fingerprint density at radius 2 is 0.969 bits per heavy atom. The number of ether oxygens (including phenoxy) is 8. The van der Waals surface area contributed by atoms with E-state index in [2.05, 4.69) is 56.2 Å². The van der Waals surface area contributed by atoms with Crippen LogP contribution in [0.5, 0.6) is 0 Å². The Labute approximate surface area is 571 Å². The Balaban J connectivity index is 0.000000217. The highest BCUT2D eigenvalue weighted by molar-refractivity contribution is 5.79. The van der Waals surface area contributed by atoms with Crippen LogP contribution in [0.2, 0.25) is 0 Å². The van der Waals surface area contributed by atoms with Crippen LogP contribution < -0.4 is 22.5 Å². The summed E-state index contributed by atoms with van der Waals surface area (Å²) in [5, 5.41) is 0. The van der Waals surface area contributed by atoms with Crippen molar-refractivity contribution in [3.63, 3.8) is 0 Å². The summed E-state index contributed by atoms with van der Waals surface area (Å²) in [6.45, 7) is 17.6. The number of rotatable bonds is 22. The van der Waals surface area contributed by atoms with Gasteiger partial charge in [0.1, 0.15) is 50.1 Å². The lowest BCUT2D eigenvalue weighted by Crippen LogP contribution is -2.51. The second kappa shape index (κ2) is 33.6. The van der Waals surface area contributed by atoms with E-state index in [0.717, 1.165) is 49.7 Å². The quantitative estimate of drug-likeness (QED) is 0.0472. The van der Waals surface area contributed by atoms with Crippen molar-refractivity contribution in [2.75, 3.05) is 59.1 Å². The molecule has 5 aliphatic rings. The summed E-state index contributed by atoms with van der Waals surface area (Å²) in [6, 6.07) is 36.7. The number of fused-ring (bicyclic) bond motifs is 3. The van der Waals surface area contributed by atoms with Crippen LogP contribution in [0.3, 0.4) is 0 Å². The van der Waals surface area contributed by atoms with E-state index in [1.807, 2.05) is 117 Å². The molecule has 8 atom stereocenters. The van der Waals surface area contributed by atoms with E-state index >= 15 is 0 Å². The van der Waals surface area contributed by atoms with Crippen molar-refractivity contribution in [3.8, 4) is 11.1 Å². The molecule has 11 rings (SSSR count). The summed E-state index contributed by atoms with van der Waals surface area (Å²) in [6.07, 6.45) is 4.43. The number of aromatic nitrogens is 4. The van der Waals surface area contributed by atoms with Gasteiger partial charge >= 0.3 is 35.9 Å². The Hall–Kier alpha value is -8.84. The monoisotopic (exact) mass is 1350 g/mol. The van der Waals surface area contributed by atoms with E-state index in [1.54, 1.807) is 13.8 Å². The zero-order valence-electron chi connectivity index (χ0n) is 57.3. The SMILES string of the molecule is CC[C@H]1O[C@@H](n2cc(C)c(=O)[nH]c2=O)C[C@H]1OC(=O)OCCN(Cc1ccccc1)CC1CCCCN1C(=O)OC(C)(C)C.CC[C@H]1O[C@@H](n2cc(C)c(=O)[nH]c2=O)C[C@H]1OC(=O)OCCN(Cc1ccccc1)CC1CCCCN1C(=O)OCC1c2ccccc2-c2ccccc21. The lowest BCUT2D eigenvalue weighted by atomic mass is 9.98. The van der Waals surface area contributed by atoms with Gasteiger partial charge in [0.2, 0.25) is 0 Å². The molecule has 0 spiro atoms. The molecule has 24 heteroatoms.